The average Bonchev–Trinajstić information content (AvgIpc) is 1.61. The topological polar surface area (TPSA) is 49.4 Å². The summed E-state index contributed by atoms with van der Waals surface area (Å²) in [6, 6.07) is 0. The van der Waals surface area contributed by atoms with Crippen molar-refractivity contribution in [1.82, 2.24) is 0 Å². The van der Waals surface area contributed by atoms with Crippen LogP contribution in [0.3, 0.4) is 0 Å². The molecule has 0 aromatic carbocycles. The normalized spacial score (nSPS) is 12.8. The number of hydrogen-bond acceptors (Lipinski definition) is 3. The zero-order valence-corrected chi connectivity index (χ0v) is 7.88. The average molecular weight is 144 g/mol. The van der Waals surface area contributed by atoms with Crippen LogP contribution in [0.5, 0.6) is 0 Å². The van der Waals surface area contributed by atoms with E-state index >= 15 is 0 Å². The van der Waals surface area contributed by atoms with Crippen molar-refractivity contribution in [2.45, 2.75) is 6.92 Å². The molecule has 5 heteroatoms. The number of allylic oxidation sites excluding steroid dienone is 1. The van der Waals surface area contributed by atoms with E-state index in [0.29, 0.717) is 0 Å². The molecule has 0 heterocycles. The largest absolute Gasteiger partial charge is 1.00 e. The van der Waals surface area contributed by atoms with Gasteiger partial charge < -0.3 is 9.42 Å². The van der Waals surface area contributed by atoms with E-state index in [-0.39, 0.29) is 29.6 Å². The summed E-state index contributed by atoms with van der Waals surface area (Å²) in [5.41, 5.74) is 0. The Hall–Kier alpha value is 0.730. The Bertz CT molecular complexity index is 92.5. The summed E-state index contributed by atoms with van der Waals surface area (Å²) in [6.45, 7) is 1.67. The monoisotopic (exact) mass is 144 g/mol. The van der Waals surface area contributed by atoms with Gasteiger partial charge in [-0.25, -0.2) is 0 Å². The van der Waals surface area contributed by atoms with Crippen molar-refractivity contribution in [3.8, 4) is 0 Å². The SMILES string of the molecule is CC=CO[PH](=O)[O-].[Na+]. The van der Waals surface area contributed by atoms with Gasteiger partial charge in [-0.3, -0.25) is 4.57 Å². The second-order valence-electron chi connectivity index (χ2n) is 0.837. The van der Waals surface area contributed by atoms with Crippen molar-refractivity contribution in [1.29, 1.82) is 0 Å². The fraction of sp³-hybridized carbons (Fsp3) is 0.333. The molecule has 1 atom stereocenters. The quantitative estimate of drug-likeness (QED) is 0.240. The maximum atomic E-state index is 9.56. The molecule has 0 aromatic heterocycles. The number of hydrogen-bond donors (Lipinski definition) is 0. The zero-order valence-electron chi connectivity index (χ0n) is 4.88. The van der Waals surface area contributed by atoms with E-state index in [1.54, 1.807) is 6.92 Å². The molecule has 0 saturated carbocycles. The summed E-state index contributed by atoms with van der Waals surface area (Å²) in [6.07, 6.45) is 2.62. The first-order valence-electron chi connectivity index (χ1n) is 1.76. The predicted molar refractivity (Wildman–Crippen MR) is 24.9 cm³/mol. The second-order valence-corrected chi connectivity index (χ2v) is 1.57. The van der Waals surface area contributed by atoms with Crippen LogP contribution in [0.1, 0.15) is 6.92 Å². The molecular weight excluding hydrogens is 138 g/mol. The van der Waals surface area contributed by atoms with Gasteiger partial charge in [-0.15, -0.1) is 0 Å². The maximum Gasteiger partial charge on any atom is 1.00 e. The van der Waals surface area contributed by atoms with Gasteiger partial charge in [0.05, 0.1) is 6.26 Å². The molecule has 0 saturated heterocycles. The summed E-state index contributed by atoms with van der Waals surface area (Å²) in [4.78, 5) is 9.56. The van der Waals surface area contributed by atoms with Crippen LogP contribution in [0.2, 0.25) is 0 Å². The van der Waals surface area contributed by atoms with E-state index in [9.17, 15) is 9.46 Å². The van der Waals surface area contributed by atoms with E-state index in [1.807, 2.05) is 0 Å². The summed E-state index contributed by atoms with van der Waals surface area (Å²) in [5.74, 6) is 0. The van der Waals surface area contributed by atoms with E-state index in [1.165, 1.54) is 6.08 Å². The van der Waals surface area contributed by atoms with Crippen LogP contribution < -0.4 is 34.5 Å². The molecular formula is C3H6NaO3P. The van der Waals surface area contributed by atoms with Gasteiger partial charge in [-0.05, 0) is 6.92 Å². The van der Waals surface area contributed by atoms with Crippen molar-refractivity contribution in [3.05, 3.63) is 12.3 Å². The summed E-state index contributed by atoms with van der Waals surface area (Å²) >= 11 is 0. The van der Waals surface area contributed by atoms with Crippen LogP contribution in [0.25, 0.3) is 0 Å². The molecule has 0 bridgehead atoms. The molecule has 0 radical (unpaired) electrons. The van der Waals surface area contributed by atoms with Crippen molar-refractivity contribution < 1.29 is 43.5 Å². The molecule has 0 rings (SSSR count). The van der Waals surface area contributed by atoms with Crippen LogP contribution >= 0.6 is 8.25 Å². The van der Waals surface area contributed by atoms with Crippen LogP contribution in [-0.2, 0) is 9.09 Å². The summed E-state index contributed by atoms with van der Waals surface area (Å²) in [7, 11) is -2.98. The van der Waals surface area contributed by atoms with Crippen molar-refractivity contribution >= 4 is 8.25 Å². The molecule has 8 heavy (non-hydrogen) atoms. The van der Waals surface area contributed by atoms with Gasteiger partial charge in [0.15, 0.2) is 8.25 Å². The minimum Gasteiger partial charge on any atom is -0.771 e. The fourth-order valence-corrected chi connectivity index (χ4v) is 0.371. The van der Waals surface area contributed by atoms with Gasteiger partial charge in [0.25, 0.3) is 0 Å². The molecule has 0 fully saturated rings. The van der Waals surface area contributed by atoms with Crippen LogP contribution in [0.15, 0.2) is 12.3 Å². The third-order valence-electron chi connectivity index (χ3n) is 0.300. The smallest absolute Gasteiger partial charge is 0.771 e. The van der Waals surface area contributed by atoms with E-state index in [4.69, 9.17) is 0 Å². The molecule has 0 spiro atoms. The molecule has 42 valence electrons. The summed E-state index contributed by atoms with van der Waals surface area (Å²) < 4.78 is 13.6. The molecule has 3 nitrogen and oxygen atoms in total. The Kier molecular flexibility index (Phi) is 11.1. The minimum atomic E-state index is -2.98. The van der Waals surface area contributed by atoms with Gasteiger partial charge in [0.2, 0.25) is 0 Å². The van der Waals surface area contributed by atoms with Crippen molar-refractivity contribution in [2.24, 2.45) is 0 Å². The molecule has 0 aliphatic heterocycles. The van der Waals surface area contributed by atoms with E-state index in [0.717, 1.165) is 6.26 Å². The van der Waals surface area contributed by atoms with Crippen LogP contribution in [-0.4, -0.2) is 0 Å². The Morgan fingerprint density at radius 1 is 1.75 bits per heavy atom. The van der Waals surface area contributed by atoms with Crippen LogP contribution in [0, 0.1) is 0 Å². The molecule has 0 aliphatic carbocycles. The number of rotatable bonds is 2. The van der Waals surface area contributed by atoms with Gasteiger partial charge in [0.1, 0.15) is 0 Å². The minimum absolute atomic E-state index is 0. The molecule has 0 N–H and O–H groups in total. The second kappa shape index (κ2) is 7.73. The molecule has 0 aliphatic rings. The summed E-state index contributed by atoms with van der Waals surface area (Å²) in [5, 5.41) is 0. The maximum absolute atomic E-state index is 9.56. The van der Waals surface area contributed by atoms with E-state index in [2.05, 4.69) is 4.52 Å². The van der Waals surface area contributed by atoms with Gasteiger partial charge in [0, 0.05) is 0 Å². The Labute approximate surface area is 71.0 Å². The molecule has 0 aromatic rings. The van der Waals surface area contributed by atoms with Gasteiger partial charge in [-0.1, -0.05) is 6.08 Å². The van der Waals surface area contributed by atoms with Gasteiger partial charge >= 0.3 is 29.6 Å². The van der Waals surface area contributed by atoms with Crippen molar-refractivity contribution in [2.75, 3.05) is 0 Å². The predicted octanol–water partition coefficient (Wildman–Crippen LogP) is -2.71. The van der Waals surface area contributed by atoms with E-state index < -0.39 is 8.25 Å². The van der Waals surface area contributed by atoms with Crippen LogP contribution in [0.4, 0.5) is 0 Å². The first-order chi connectivity index (χ1) is 3.27. The van der Waals surface area contributed by atoms with Gasteiger partial charge in [-0.2, -0.15) is 0 Å². The fourth-order valence-electron chi connectivity index (χ4n) is 0.124. The first-order valence-corrected chi connectivity index (χ1v) is 2.98. The Morgan fingerprint density at radius 2 is 2.25 bits per heavy atom. The molecule has 1 unspecified atom stereocenters. The zero-order chi connectivity index (χ0) is 5.70. The third kappa shape index (κ3) is 9.88. The molecule has 0 amide bonds. The Morgan fingerprint density at radius 3 is 2.38 bits per heavy atom. The Balaban J connectivity index is 0. The third-order valence-corrected chi connectivity index (χ3v) is 0.629. The first kappa shape index (κ1) is 11.5. The van der Waals surface area contributed by atoms with Crippen molar-refractivity contribution in [3.63, 3.8) is 0 Å². The standard InChI is InChI=1S/C3H7O3P.Na/c1-2-3-6-7(4)5;/h2-3,7H,1H3,(H,4,5);/q;+1/p-1.